The largest absolute Gasteiger partial charge is 0.379 e. The number of piperidine rings is 1. The summed E-state index contributed by atoms with van der Waals surface area (Å²) in [5, 5.41) is 3.66. The summed E-state index contributed by atoms with van der Waals surface area (Å²) >= 11 is 0. The van der Waals surface area contributed by atoms with E-state index in [1.54, 1.807) is 0 Å². The van der Waals surface area contributed by atoms with Gasteiger partial charge in [-0.15, -0.1) is 0 Å². The van der Waals surface area contributed by atoms with Crippen LogP contribution in [0.1, 0.15) is 39.0 Å². The van der Waals surface area contributed by atoms with Gasteiger partial charge in [0.25, 0.3) is 0 Å². The molecule has 0 saturated carbocycles. The van der Waals surface area contributed by atoms with Crippen LogP contribution in [-0.4, -0.2) is 73.9 Å². The summed E-state index contributed by atoms with van der Waals surface area (Å²) < 4.78 is 5.42. The summed E-state index contributed by atoms with van der Waals surface area (Å²) in [6.45, 7) is 10.1. The number of rotatable bonds is 6. The number of hydrogen-bond acceptors (Lipinski definition) is 4. The van der Waals surface area contributed by atoms with Crippen LogP contribution in [0.4, 0.5) is 0 Å². The summed E-state index contributed by atoms with van der Waals surface area (Å²) in [4.78, 5) is 5.39. The van der Waals surface area contributed by atoms with Gasteiger partial charge in [-0.25, -0.2) is 0 Å². The van der Waals surface area contributed by atoms with Gasteiger partial charge < -0.3 is 10.1 Å². The number of hydrogen-bond donors (Lipinski definition) is 1. The minimum absolute atomic E-state index is 0.785. The molecule has 0 aliphatic carbocycles. The normalized spacial score (nSPS) is 35.5. The van der Waals surface area contributed by atoms with Gasteiger partial charge in [-0.1, -0.05) is 6.92 Å². The second kappa shape index (κ2) is 7.21. The van der Waals surface area contributed by atoms with Crippen molar-refractivity contribution in [3.8, 4) is 0 Å². The topological polar surface area (TPSA) is 27.7 Å². The smallest absolute Gasteiger partial charge is 0.0594 e. The third-order valence-electron chi connectivity index (χ3n) is 5.37. The molecule has 0 amide bonds. The number of nitrogens with zero attached hydrogens (tertiary/aromatic N) is 2. The number of nitrogens with one attached hydrogen (secondary N) is 1. The van der Waals surface area contributed by atoms with E-state index in [2.05, 4.69) is 22.0 Å². The Morgan fingerprint density at radius 1 is 1.05 bits per heavy atom. The fraction of sp³-hybridized carbons (Fsp3) is 1.00. The van der Waals surface area contributed by atoms with Crippen LogP contribution < -0.4 is 5.32 Å². The van der Waals surface area contributed by atoms with E-state index in [4.69, 9.17) is 4.74 Å². The molecule has 3 aliphatic rings. The lowest BCUT2D eigenvalue weighted by Gasteiger charge is -2.39. The first kappa shape index (κ1) is 14.8. The first-order valence-electron chi connectivity index (χ1n) is 8.66. The van der Waals surface area contributed by atoms with Crippen molar-refractivity contribution in [3.05, 3.63) is 0 Å². The van der Waals surface area contributed by atoms with Crippen LogP contribution in [0.15, 0.2) is 0 Å². The quantitative estimate of drug-likeness (QED) is 0.794. The number of fused-ring (bicyclic) bond motifs is 2. The SMILES string of the molecule is CCNC1CC2CCC(C1)N2CCCN1CCOCC1. The van der Waals surface area contributed by atoms with Crippen LogP contribution in [0.5, 0.6) is 0 Å². The third-order valence-corrected chi connectivity index (χ3v) is 5.37. The second-order valence-electron chi connectivity index (χ2n) is 6.66. The van der Waals surface area contributed by atoms with E-state index in [9.17, 15) is 0 Å². The van der Waals surface area contributed by atoms with Crippen LogP contribution in [0, 0.1) is 0 Å². The molecule has 2 atom stereocenters. The molecule has 0 aromatic rings. The second-order valence-corrected chi connectivity index (χ2v) is 6.66. The van der Waals surface area contributed by atoms with Crippen LogP contribution >= 0.6 is 0 Å². The Hall–Kier alpha value is -0.160. The highest BCUT2D eigenvalue weighted by Crippen LogP contribution is 2.35. The molecule has 116 valence electrons. The molecule has 0 spiro atoms. The minimum atomic E-state index is 0.785. The van der Waals surface area contributed by atoms with Crippen LogP contribution in [0.25, 0.3) is 0 Å². The predicted molar refractivity (Wildman–Crippen MR) is 82.1 cm³/mol. The molecule has 2 unspecified atom stereocenters. The van der Waals surface area contributed by atoms with Gasteiger partial charge in [0.1, 0.15) is 0 Å². The summed E-state index contributed by atoms with van der Waals surface area (Å²) in [7, 11) is 0. The standard InChI is InChI=1S/C16H31N3O/c1-2-17-14-12-15-4-5-16(13-14)19(15)7-3-6-18-8-10-20-11-9-18/h14-17H,2-13H2,1H3. The monoisotopic (exact) mass is 281 g/mol. The zero-order chi connectivity index (χ0) is 13.8. The number of ether oxygens (including phenoxy) is 1. The van der Waals surface area contributed by atoms with E-state index in [0.29, 0.717) is 0 Å². The van der Waals surface area contributed by atoms with Crippen molar-refractivity contribution in [3.63, 3.8) is 0 Å². The van der Waals surface area contributed by atoms with Gasteiger partial charge in [0, 0.05) is 31.2 Å². The summed E-state index contributed by atoms with van der Waals surface area (Å²) in [6.07, 6.45) is 6.96. The van der Waals surface area contributed by atoms with Gasteiger partial charge in [0.2, 0.25) is 0 Å². The van der Waals surface area contributed by atoms with E-state index in [1.165, 1.54) is 45.2 Å². The summed E-state index contributed by atoms with van der Waals surface area (Å²) in [6, 6.07) is 2.51. The number of morpholine rings is 1. The maximum Gasteiger partial charge on any atom is 0.0594 e. The molecule has 0 aromatic carbocycles. The van der Waals surface area contributed by atoms with Crippen molar-refractivity contribution < 1.29 is 4.74 Å². The molecule has 4 nitrogen and oxygen atoms in total. The predicted octanol–water partition coefficient (Wildman–Crippen LogP) is 1.31. The zero-order valence-electron chi connectivity index (χ0n) is 13.0. The molecular weight excluding hydrogens is 250 g/mol. The average Bonchev–Trinajstić information content (AvgIpc) is 2.71. The fourth-order valence-corrected chi connectivity index (χ4v) is 4.40. The molecule has 2 bridgehead atoms. The van der Waals surface area contributed by atoms with Gasteiger partial charge in [0.15, 0.2) is 0 Å². The van der Waals surface area contributed by atoms with E-state index < -0.39 is 0 Å². The first-order chi connectivity index (χ1) is 9.86. The van der Waals surface area contributed by atoms with Crippen molar-refractivity contribution in [2.75, 3.05) is 45.9 Å². The highest BCUT2D eigenvalue weighted by atomic mass is 16.5. The highest BCUT2D eigenvalue weighted by Gasteiger charge is 2.39. The third kappa shape index (κ3) is 3.53. The molecule has 3 heterocycles. The highest BCUT2D eigenvalue weighted by molar-refractivity contribution is 4.97. The Bertz CT molecular complexity index is 279. The van der Waals surface area contributed by atoms with Gasteiger partial charge in [-0.3, -0.25) is 9.80 Å². The molecule has 1 N–H and O–H groups in total. The van der Waals surface area contributed by atoms with E-state index >= 15 is 0 Å². The molecule has 3 saturated heterocycles. The molecule has 3 aliphatic heterocycles. The Balaban J connectivity index is 1.40. The lowest BCUT2D eigenvalue weighted by molar-refractivity contribution is 0.0337. The molecule has 4 heteroatoms. The van der Waals surface area contributed by atoms with Gasteiger partial charge in [-0.2, -0.15) is 0 Å². The molecule has 3 rings (SSSR count). The van der Waals surface area contributed by atoms with Crippen LogP contribution in [0.2, 0.25) is 0 Å². The van der Waals surface area contributed by atoms with E-state index in [1.807, 2.05) is 0 Å². The van der Waals surface area contributed by atoms with Crippen molar-refractivity contribution in [2.45, 2.75) is 57.2 Å². The fourth-order valence-electron chi connectivity index (χ4n) is 4.40. The summed E-state index contributed by atoms with van der Waals surface area (Å²) in [5.74, 6) is 0. The van der Waals surface area contributed by atoms with Crippen molar-refractivity contribution >= 4 is 0 Å². The Morgan fingerprint density at radius 3 is 2.40 bits per heavy atom. The first-order valence-corrected chi connectivity index (χ1v) is 8.66. The molecule has 20 heavy (non-hydrogen) atoms. The molecule has 0 radical (unpaired) electrons. The van der Waals surface area contributed by atoms with Gasteiger partial charge in [0.05, 0.1) is 13.2 Å². The van der Waals surface area contributed by atoms with Gasteiger partial charge >= 0.3 is 0 Å². The average molecular weight is 281 g/mol. The molecular formula is C16H31N3O. The lowest BCUT2D eigenvalue weighted by Crippen LogP contribution is -2.49. The zero-order valence-corrected chi connectivity index (χ0v) is 13.0. The van der Waals surface area contributed by atoms with E-state index in [0.717, 1.165) is 51.0 Å². The Labute approximate surface area is 123 Å². The van der Waals surface area contributed by atoms with Crippen LogP contribution in [-0.2, 0) is 4.74 Å². The van der Waals surface area contributed by atoms with Crippen LogP contribution in [0.3, 0.4) is 0 Å². The maximum atomic E-state index is 5.42. The lowest BCUT2D eigenvalue weighted by atomic mass is 9.97. The van der Waals surface area contributed by atoms with Crippen molar-refractivity contribution in [1.29, 1.82) is 0 Å². The Kier molecular flexibility index (Phi) is 5.32. The molecule has 0 aromatic heterocycles. The minimum Gasteiger partial charge on any atom is -0.379 e. The Morgan fingerprint density at radius 2 is 1.75 bits per heavy atom. The maximum absolute atomic E-state index is 5.42. The van der Waals surface area contributed by atoms with E-state index in [-0.39, 0.29) is 0 Å². The summed E-state index contributed by atoms with van der Waals surface area (Å²) in [5.41, 5.74) is 0. The van der Waals surface area contributed by atoms with Crippen molar-refractivity contribution in [1.82, 2.24) is 15.1 Å². The van der Waals surface area contributed by atoms with Gasteiger partial charge in [-0.05, 0) is 51.7 Å². The van der Waals surface area contributed by atoms with Crippen molar-refractivity contribution in [2.24, 2.45) is 0 Å². The molecule has 3 fully saturated rings.